The van der Waals surface area contributed by atoms with Gasteiger partial charge in [-0.05, 0) is 23.5 Å². The molecule has 0 fully saturated rings. The molecule has 3 N–H and O–H groups in total. The topological polar surface area (TPSA) is 64.3 Å². The van der Waals surface area contributed by atoms with Gasteiger partial charge in [0.1, 0.15) is 6.10 Å². The van der Waals surface area contributed by atoms with Gasteiger partial charge >= 0.3 is 0 Å². The Morgan fingerprint density at radius 1 is 1.56 bits per heavy atom. The summed E-state index contributed by atoms with van der Waals surface area (Å²) in [5, 5.41) is 0. The second kappa shape index (κ2) is 5.16. The Kier molecular flexibility index (Phi) is 4.12. The molecule has 0 radical (unpaired) electrons. The quantitative estimate of drug-likeness (QED) is 0.435. The highest BCUT2D eigenvalue weighted by molar-refractivity contribution is 5.78. The van der Waals surface area contributed by atoms with Gasteiger partial charge in [0.25, 0.3) is 0 Å². The van der Waals surface area contributed by atoms with Gasteiger partial charge in [0.2, 0.25) is 5.91 Å². The lowest BCUT2D eigenvalue weighted by molar-refractivity contribution is -0.120. The van der Waals surface area contributed by atoms with E-state index in [9.17, 15) is 4.79 Å². The third-order valence-electron chi connectivity index (χ3n) is 2.37. The molecule has 0 bridgehead atoms. The fraction of sp³-hybridized carbons (Fsp3) is 0.583. The molecule has 1 amide bonds. The predicted octanol–water partition coefficient (Wildman–Crippen LogP) is 1.64. The van der Waals surface area contributed by atoms with Crippen LogP contribution in [0.2, 0.25) is 0 Å². The molecule has 1 aliphatic heterocycles. The van der Waals surface area contributed by atoms with Crippen molar-refractivity contribution in [2.45, 2.75) is 39.7 Å². The first-order chi connectivity index (χ1) is 7.42. The molecular weight excluding hydrogens is 204 g/mol. The third-order valence-corrected chi connectivity index (χ3v) is 2.37. The van der Waals surface area contributed by atoms with Gasteiger partial charge in [-0.3, -0.25) is 10.2 Å². The molecule has 0 aliphatic carbocycles. The molecule has 0 spiro atoms. The molecule has 4 nitrogen and oxygen atoms in total. The summed E-state index contributed by atoms with van der Waals surface area (Å²) in [7, 11) is 0. The van der Waals surface area contributed by atoms with Crippen molar-refractivity contribution in [3.63, 3.8) is 0 Å². The molecule has 0 aromatic carbocycles. The molecule has 16 heavy (non-hydrogen) atoms. The Balaban J connectivity index is 2.66. The van der Waals surface area contributed by atoms with E-state index in [-0.39, 0.29) is 17.4 Å². The minimum Gasteiger partial charge on any atom is -0.494 e. The normalized spacial score (nSPS) is 20.0. The van der Waals surface area contributed by atoms with E-state index in [1.165, 1.54) is 0 Å². The summed E-state index contributed by atoms with van der Waals surface area (Å²) in [4.78, 5) is 11.2. The molecule has 1 aliphatic rings. The van der Waals surface area contributed by atoms with Gasteiger partial charge in [0.05, 0.1) is 12.7 Å². The smallest absolute Gasteiger partial charge is 0.238 e. The Labute approximate surface area is 96.5 Å². The third kappa shape index (κ3) is 4.06. The number of nitrogens with one attached hydrogen (secondary N) is 1. The van der Waals surface area contributed by atoms with Crippen LogP contribution in [0.25, 0.3) is 0 Å². The monoisotopic (exact) mass is 224 g/mol. The second-order valence-electron chi connectivity index (χ2n) is 5.20. The van der Waals surface area contributed by atoms with Gasteiger partial charge in [-0.1, -0.05) is 26.8 Å². The van der Waals surface area contributed by atoms with Crippen molar-refractivity contribution in [3.8, 4) is 0 Å². The molecule has 1 heterocycles. The number of nitrogens with two attached hydrogens (primary N) is 1. The van der Waals surface area contributed by atoms with E-state index >= 15 is 0 Å². The lowest BCUT2D eigenvalue weighted by Gasteiger charge is -2.28. The first-order valence-corrected chi connectivity index (χ1v) is 5.43. The summed E-state index contributed by atoms with van der Waals surface area (Å²) in [6, 6.07) is 0. The zero-order valence-electron chi connectivity index (χ0n) is 10.1. The van der Waals surface area contributed by atoms with E-state index in [0.717, 1.165) is 12.0 Å². The minimum atomic E-state index is -0.191. The van der Waals surface area contributed by atoms with Crippen molar-refractivity contribution in [3.05, 3.63) is 24.0 Å². The fourth-order valence-corrected chi connectivity index (χ4v) is 1.64. The summed E-state index contributed by atoms with van der Waals surface area (Å²) in [5.41, 5.74) is 3.27. The average Bonchev–Trinajstić information content (AvgIpc) is 2.18. The lowest BCUT2D eigenvalue weighted by atomic mass is 9.85. The van der Waals surface area contributed by atoms with E-state index in [4.69, 9.17) is 10.6 Å². The number of rotatable bonds is 3. The molecule has 4 heteroatoms. The number of hydrogen-bond donors (Lipinski definition) is 2. The van der Waals surface area contributed by atoms with E-state index in [1.807, 2.05) is 6.08 Å². The van der Waals surface area contributed by atoms with Gasteiger partial charge in [-0.2, -0.15) is 0 Å². The maximum absolute atomic E-state index is 11.2. The molecule has 0 saturated heterocycles. The van der Waals surface area contributed by atoms with Gasteiger partial charge in [-0.15, -0.1) is 0 Å². The number of amides is 1. The maximum atomic E-state index is 11.2. The van der Waals surface area contributed by atoms with E-state index in [1.54, 1.807) is 12.3 Å². The zero-order valence-corrected chi connectivity index (χ0v) is 10.1. The summed E-state index contributed by atoms with van der Waals surface area (Å²) < 4.78 is 5.54. The van der Waals surface area contributed by atoms with Crippen molar-refractivity contribution >= 4 is 5.91 Å². The minimum absolute atomic E-state index is 0.0256. The van der Waals surface area contributed by atoms with E-state index in [2.05, 4.69) is 26.2 Å². The largest absolute Gasteiger partial charge is 0.494 e. The summed E-state index contributed by atoms with van der Waals surface area (Å²) in [6.07, 6.45) is 6.54. The second-order valence-corrected chi connectivity index (χ2v) is 5.20. The van der Waals surface area contributed by atoms with Gasteiger partial charge in [0, 0.05) is 0 Å². The first kappa shape index (κ1) is 12.8. The summed E-state index contributed by atoms with van der Waals surface area (Å²) in [5.74, 6) is 4.89. The van der Waals surface area contributed by atoms with Crippen LogP contribution in [0.1, 0.15) is 33.6 Å². The standard InChI is InChI=1S/C12H20N2O2/c1-12(2,3)8-10-9(5-4-6-16-10)7-11(15)14-13/h4-6,10H,7-8,13H2,1-3H3,(H,14,15). The van der Waals surface area contributed by atoms with Crippen LogP contribution in [0.15, 0.2) is 24.0 Å². The van der Waals surface area contributed by atoms with E-state index in [0.29, 0.717) is 6.42 Å². The van der Waals surface area contributed by atoms with E-state index < -0.39 is 0 Å². The van der Waals surface area contributed by atoms with Crippen molar-refractivity contribution < 1.29 is 9.53 Å². The Morgan fingerprint density at radius 2 is 2.25 bits per heavy atom. The molecule has 0 aromatic rings. The number of hydrogen-bond acceptors (Lipinski definition) is 3. The number of carbonyl (C=O) groups excluding carboxylic acids is 1. The van der Waals surface area contributed by atoms with Crippen LogP contribution in [0, 0.1) is 5.41 Å². The van der Waals surface area contributed by atoms with Crippen LogP contribution in [-0.4, -0.2) is 12.0 Å². The highest BCUT2D eigenvalue weighted by Gasteiger charge is 2.24. The van der Waals surface area contributed by atoms with Crippen LogP contribution in [0.3, 0.4) is 0 Å². The zero-order chi connectivity index (χ0) is 12.2. The maximum Gasteiger partial charge on any atom is 0.238 e. The van der Waals surface area contributed by atoms with Crippen LogP contribution in [0.4, 0.5) is 0 Å². The Hall–Kier alpha value is -1.29. The number of allylic oxidation sites excluding steroid dienone is 2. The van der Waals surface area contributed by atoms with Crippen molar-refractivity contribution in [2.24, 2.45) is 11.3 Å². The number of hydrazine groups is 1. The van der Waals surface area contributed by atoms with Gasteiger partial charge in [-0.25, -0.2) is 5.84 Å². The van der Waals surface area contributed by atoms with Crippen LogP contribution in [-0.2, 0) is 9.53 Å². The first-order valence-electron chi connectivity index (χ1n) is 5.43. The molecule has 1 atom stereocenters. The van der Waals surface area contributed by atoms with Crippen LogP contribution < -0.4 is 11.3 Å². The molecule has 90 valence electrons. The summed E-state index contributed by atoms with van der Waals surface area (Å²) >= 11 is 0. The number of ether oxygens (including phenoxy) is 1. The van der Waals surface area contributed by atoms with Gasteiger partial charge < -0.3 is 4.74 Å². The number of carbonyl (C=O) groups is 1. The SMILES string of the molecule is CC(C)(C)CC1OC=CC=C1CC(=O)NN. The fourth-order valence-electron chi connectivity index (χ4n) is 1.64. The van der Waals surface area contributed by atoms with Crippen molar-refractivity contribution in [2.75, 3.05) is 0 Å². The average molecular weight is 224 g/mol. The molecular formula is C12H20N2O2. The highest BCUT2D eigenvalue weighted by atomic mass is 16.5. The lowest BCUT2D eigenvalue weighted by Crippen LogP contribution is -2.32. The van der Waals surface area contributed by atoms with Gasteiger partial charge in [0.15, 0.2) is 0 Å². The Bertz CT molecular complexity index is 313. The Morgan fingerprint density at radius 3 is 2.81 bits per heavy atom. The molecule has 0 aromatic heterocycles. The van der Waals surface area contributed by atoms with Crippen molar-refractivity contribution in [1.29, 1.82) is 0 Å². The molecule has 1 rings (SSSR count). The predicted molar refractivity (Wildman–Crippen MR) is 63.1 cm³/mol. The molecule has 0 saturated carbocycles. The van der Waals surface area contributed by atoms with Crippen molar-refractivity contribution in [1.82, 2.24) is 5.43 Å². The van der Waals surface area contributed by atoms with Crippen LogP contribution >= 0.6 is 0 Å². The summed E-state index contributed by atoms with van der Waals surface area (Å²) in [6.45, 7) is 6.44. The highest BCUT2D eigenvalue weighted by Crippen LogP contribution is 2.29. The molecule has 1 unspecified atom stereocenters. The van der Waals surface area contributed by atoms with Crippen LogP contribution in [0.5, 0.6) is 0 Å².